The van der Waals surface area contributed by atoms with Crippen LogP contribution in [0.1, 0.15) is 24.1 Å². The van der Waals surface area contributed by atoms with Crippen molar-refractivity contribution in [2.75, 3.05) is 0 Å². The molecule has 1 unspecified atom stereocenters. The summed E-state index contributed by atoms with van der Waals surface area (Å²) in [5, 5.41) is 3.24. The van der Waals surface area contributed by atoms with E-state index in [9.17, 15) is 8.78 Å². The van der Waals surface area contributed by atoms with E-state index >= 15 is 0 Å². The Morgan fingerprint density at radius 2 is 2.00 bits per heavy atom. The molecule has 19 heavy (non-hydrogen) atoms. The Labute approximate surface area is 119 Å². The summed E-state index contributed by atoms with van der Waals surface area (Å²) in [5.41, 5.74) is 1.74. The fourth-order valence-electron chi connectivity index (χ4n) is 1.68. The lowest BCUT2D eigenvalue weighted by molar-refractivity contribution is 0.500. The Morgan fingerprint density at radius 1 is 1.21 bits per heavy atom. The van der Waals surface area contributed by atoms with Gasteiger partial charge in [0.15, 0.2) is 11.6 Å². The molecule has 1 N–H and O–H groups in total. The first-order chi connectivity index (χ1) is 9.06. The number of nitrogens with zero attached hydrogens (tertiary/aromatic N) is 1. The molecule has 2 aromatic rings. The molecular formula is C14H13BrF2N2. The topological polar surface area (TPSA) is 24.9 Å². The molecule has 1 aromatic carbocycles. The van der Waals surface area contributed by atoms with E-state index < -0.39 is 11.6 Å². The van der Waals surface area contributed by atoms with E-state index in [1.165, 1.54) is 6.07 Å². The van der Waals surface area contributed by atoms with Crippen LogP contribution in [0, 0.1) is 11.6 Å². The van der Waals surface area contributed by atoms with Crippen LogP contribution in [0.2, 0.25) is 0 Å². The largest absolute Gasteiger partial charge is 0.306 e. The van der Waals surface area contributed by atoms with Gasteiger partial charge in [-0.25, -0.2) is 13.8 Å². The lowest BCUT2D eigenvalue weighted by atomic mass is 10.1. The number of hydrogen-bond donors (Lipinski definition) is 1. The van der Waals surface area contributed by atoms with Gasteiger partial charge in [0, 0.05) is 18.8 Å². The van der Waals surface area contributed by atoms with Crippen LogP contribution in [0.5, 0.6) is 0 Å². The third-order valence-corrected chi connectivity index (χ3v) is 3.31. The molecule has 0 aliphatic heterocycles. The molecule has 100 valence electrons. The Balaban J connectivity index is 1.98. The third-order valence-electron chi connectivity index (χ3n) is 2.84. The van der Waals surface area contributed by atoms with Gasteiger partial charge in [-0.1, -0.05) is 12.1 Å². The van der Waals surface area contributed by atoms with Crippen molar-refractivity contribution in [2.24, 2.45) is 0 Å². The van der Waals surface area contributed by atoms with Gasteiger partial charge >= 0.3 is 0 Å². The maximum absolute atomic E-state index is 13.1. The molecule has 0 bridgehead atoms. The molecule has 1 aromatic heterocycles. The van der Waals surface area contributed by atoms with E-state index in [2.05, 4.69) is 26.2 Å². The second kappa shape index (κ2) is 6.21. The quantitative estimate of drug-likeness (QED) is 0.860. The third kappa shape index (κ3) is 3.81. The van der Waals surface area contributed by atoms with E-state index in [0.29, 0.717) is 12.1 Å². The van der Waals surface area contributed by atoms with Gasteiger partial charge in [-0.2, -0.15) is 0 Å². The van der Waals surface area contributed by atoms with Gasteiger partial charge in [-0.15, -0.1) is 0 Å². The minimum atomic E-state index is -0.826. The smallest absolute Gasteiger partial charge is 0.159 e. The van der Waals surface area contributed by atoms with Crippen molar-refractivity contribution in [3.63, 3.8) is 0 Å². The first kappa shape index (κ1) is 14.1. The molecule has 1 heterocycles. The molecule has 0 amide bonds. The predicted molar refractivity (Wildman–Crippen MR) is 73.5 cm³/mol. The summed E-state index contributed by atoms with van der Waals surface area (Å²) in [5.74, 6) is -1.65. The minimum absolute atomic E-state index is 0.0706. The highest BCUT2D eigenvalue weighted by atomic mass is 79.9. The van der Waals surface area contributed by atoms with Crippen LogP contribution in [0.3, 0.4) is 0 Å². The Bertz CT molecular complexity index is 558. The molecule has 0 radical (unpaired) electrons. The number of benzene rings is 1. The average molecular weight is 327 g/mol. The number of hydrogen-bond acceptors (Lipinski definition) is 2. The summed E-state index contributed by atoms with van der Waals surface area (Å²) < 4.78 is 26.8. The molecule has 0 fully saturated rings. The second-order valence-corrected chi connectivity index (χ2v) is 5.08. The molecule has 0 saturated heterocycles. The number of halogens is 3. The Hall–Kier alpha value is -1.33. The first-order valence-corrected chi connectivity index (χ1v) is 6.64. The highest BCUT2D eigenvalue weighted by Gasteiger charge is 2.08. The highest BCUT2D eigenvalue weighted by Crippen LogP contribution is 2.16. The van der Waals surface area contributed by atoms with Crippen LogP contribution in [-0.4, -0.2) is 4.98 Å². The van der Waals surface area contributed by atoms with Crippen molar-refractivity contribution in [3.05, 3.63) is 63.9 Å². The molecule has 0 spiro atoms. The lowest BCUT2D eigenvalue weighted by Crippen LogP contribution is -2.18. The predicted octanol–water partition coefficient (Wildman–Crippen LogP) is 3.97. The zero-order valence-electron chi connectivity index (χ0n) is 10.3. The molecule has 1 atom stereocenters. The summed E-state index contributed by atoms with van der Waals surface area (Å²) in [6.07, 6.45) is 1.76. The Morgan fingerprint density at radius 3 is 2.63 bits per heavy atom. The zero-order chi connectivity index (χ0) is 13.8. The van der Waals surface area contributed by atoms with Crippen LogP contribution in [0.15, 0.2) is 41.1 Å². The number of aromatic nitrogens is 1. The molecule has 0 aliphatic carbocycles. The van der Waals surface area contributed by atoms with Crippen molar-refractivity contribution in [1.29, 1.82) is 0 Å². The van der Waals surface area contributed by atoms with Crippen LogP contribution in [0.25, 0.3) is 0 Å². The maximum atomic E-state index is 13.1. The first-order valence-electron chi connectivity index (χ1n) is 5.85. The van der Waals surface area contributed by atoms with E-state index in [1.54, 1.807) is 12.3 Å². The highest BCUT2D eigenvalue weighted by molar-refractivity contribution is 9.10. The fraction of sp³-hybridized carbons (Fsp3) is 0.214. The van der Waals surface area contributed by atoms with Crippen molar-refractivity contribution >= 4 is 15.9 Å². The van der Waals surface area contributed by atoms with Crippen molar-refractivity contribution in [2.45, 2.75) is 19.5 Å². The normalized spacial score (nSPS) is 12.4. The minimum Gasteiger partial charge on any atom is -0.306 e. The molecule has 0 aliphatic rings. The SMILES string of the molecule is CC(NCc1ccc(Br)nc1)c1ccc(F)c(F)c1. The van der Waals surface area contributed by atoms with Gasteiger partial charge in [-0.3, -0.25) is 0 Å². The fourth-order valence-corrected chi connectivity index (χ4v) is 1.92. The van der Waals surface area contributed by atoms with Crippen LogP contribution in [-0.2, 0) is 6.54 Å². The summed E-state index contributed by atoms with van der Waals surface area (Å²) in [7, 11) is 0. The number of pyridine rings is 1. The van der Waals surface area contributed by atoms with Crippen molar-refractivity contribution in [1.82, 2.24) is 10.3 Å². The van der Waals surface area contributed by atoms with Gasteiger partial charge in [0.1, 0.15) is 4.60 Å². The van der Waals surface area contributed by atoms with Gasteiger partial charge in [0.05, 0.1) is 0 Å². The summed E-state index contributed by atoms with van der Waals surface area (Å²) in [4.78, 5) is 4.12. The monoisotopic (exact) mass is 326 g/mol. The maximum Gasteiger partial charge on any atom is 0.159 e. The van der Waals surface area contributed by atoms with Crippen molar-refractivity contribution < 1.29 is 8.78 Å². The molecule has 2 rings (SSSR count). The average Bonchev–Trinajstić information content (AvgIpc) is 2.41. The van der Waals surface area contributed by atoms with Gasteiger partial charge in [0.2, 0.25) is 0 Å². The summed E-state index contributed by atoms with van der Waals surface area (Å²) >= 11 is 3.27. The zero-order valence-corrected chi connectivity index (χ0v) is 11.9. The molecule has 0 saturated carbocycles. The van der Waals surface area contributed by atoms with Gasteiger partial charge < -0.3 is 5.32 Å². The van der Waals surface area contributed by atoms with Crippen LogP contribution in [0.4, 0.5) is 8.78 Å². The number of nitrogens with one attached hydrogen (secondary N) is 1. The van der Waals surface area contributed by atoms with Gasteiger partial charge in [-0.05, 0) is 52.2 Å². The summed E-state index contributed by atoms with van der Waals surface area (Å²) in [6.45, 7) is 2.51. The van der Waals surface area contributed by atoms with E-state index in [-0.39, 0.29) is 6.04 Å². The lowest BCUT2D eigenvalue weighted by Gasteiger charge is -2.14. The van der Waals surface area contributed by atoms with Crippen LogP contribution >= 0.6 is 15.9 Å². The number of rotatable bonds is 4. The Kier molecular flexibility index (Phi) is 4.61. The summed E-state index contributed by atoms with van der Waals surface area (Å²) in [6, 6.07) is 7.67. The van der Waals surface area contributed by atoms with E-state index in [1.807, 2.05) is 19.1 Å². The molecular weight excluding hydrogens is 314 g/mol. The second-order valence-electron chi connectivity index (χ2n) is 4.27. The molecule has 2 nitrogen and oxygen atoms in total. The van der Waals surface area contributed by atoms with Crippen molar-refractivity contribution in [3.8, 4) is 0 Å². The van der Waals surface area contributed by atoms with E-state index in [0.717, 1.165) is 16.2 Å². The van der Waals surface area contributed by atoms with E-state index in [4.69, 9.17) is 0 Å². The standard InChI is InChI=1S/C14H13BrF2N2/c1-9(11-3-4-12(16)13(17)6-11)18-7-10-2-5-14(15)19-8-10/h2-6,8-9,18H,7H2,1H3. The van der Waals surface area contributed by atoms with Crippen LogP contribution < -0.4 is 5.32 Å². The molecule has 5 heteroatoms. The van der Waals surface area contributed by atoms with Gasteiger partial charge in [0.25, 0.3) is 0 Å².